The summed E-state index contributed by atoms with van der Waals surface area (Å²) >= 11 is 0. The molecule has 0 amide bonds. The van der Waals surface area contributed by atoms with Crippen LogP contribution in [0.3, 0.4) is 0 Å². The van der Waals surface area contributed by atoms with Crippen LogP contribution in [0.15, 0.2) is 36.5 Å². The second-order valence-corrected chi connectivity index (χ2v) is 5.66. The predicted octanol–water partition coefficient (Wildman–Crippen LogP) is 3.52. The maximum atomic E-state index is 12.1. The number of hydrogen-bond acceptors (Lipinski definition) is 3. The Labute approximate surface area is 122 Å². The number of hydrogen-bond donors (Lipinski definition) is 1. The van der Waals surface area contributed by atoms with Crippen molar-refractivity contribution in [3.05, 3.63) is 42.1 Å². The molecule has 0 unspecified atom stereocenters. The number of carboxylic acid groups (broad SMARTS) is 1. The fourth-order valence-electron chi connectivity index (χ4n) is 1.90. The number of rotatable bonds is 2. The van der Waals surface area contributed by atoms with Crippen molar-refractivity contribution in [2.45, 2.75) is 26.4 Å². The first kappa shape index (κ1) is 14.8. The van der Waals surface area contributed by atoms with Crippen molar-refractivity contribution in [3.8, 4) is 0 Å². The van der Waals surface area contributed by atoms with E-state index in [1.165, 1.54) is 10.6 Å². The molecule has 0 fully saturated rings. The van der Waals surface area contributed by atoms with Gasteiger partial charge < -0.3 is 9.84 Å². The normalized spacial score (nSPS) is 12.0. The quantitative estimate of drug-likeness (QED) is 0.858. The first-order chi connectivity index (χ1) is 9.76. The van der Waals surface area contributed by atoms with Gasteiger partial charge in [0.1, 0.15) is 5.60 Å². The van der Waals surface area contributed by atoms with Crippen LogP contribution >= 0.6 is 0 Å². The van der Waals surface area contributed by atoms with Crippen LogP contribution in [-0.4, -0.2) is 27.3 Å². The number of carbonyl (C=O) groups is 2. The minimum absolute atomic E-state index is 0.439. The summed E-state index contributed by atoms with van der Waals surface area (Å²) in [6.07, 6.45) is 3.79. The zero-order valence-electron chi connectivity index (χ0n) is 12.2. The van der Waals surface area contributed by atoms with E-state index in [0.29, 0.717) is 0 Å². The summed E-state index contributed by atoms with van der Waals surface area (Å²) < 4.78 is 6.77. The topological polar surface area (TPSA) is 68.5 Å². The van der Waals surface area contributed by atoms with Crippen LogP contribution in [0.25, 0.3) is 17.0 Å². The molecule has 21 heavy (non-hydrogen) atoms. The number of carboxylic acids is 1. The van der Waals surface area contributed by atoms with E-state index in [4.69, 9.17) is 9.84 Å². The highest BCUT2D eigenvalue weighted by atomic mass is 16.6. The van der Waals surface area contributed by atoms with E-state index >= 15 is 0 Å². The van der Waals surface area contributed by atoms with Crippen molar-refractivity contribution in [2.24, 2.45) is 0 Å². The van der Waals surface area contributed by atoms with Gasteiger partial charge in [-0.1, -0.05) is 6.07 Å². The second-order valence-electron chi connectivity index (χ2n) is 5.66. The van der Waals surface area contributed by atoms with Gasteiger partial charge in [0.05, 0.1) is 5.52 Å². The van der Waals surface area contributed by atoms with E-state index in [1.54, 1.807) is 24.4 Å². The molecule has 0 aliphatic carbocycles. The van der Waals surface area contributed by atoms with Crippen LogP contribution in [0.4, 0.5) is 4.79 Å². The van der Waals surface area contributed by atoms with Gasteiger partial charge in [0.25, 0.3) is 0 Å². The molecule has 5 heteroatoms. The van der Waals surface area contributed by atoms with Gasteiger partial charge >= 0.3 is 12.1 Å². The monoisotopic (exact) mass is 287 g/mol. The maximum Gasteiger partial charge on any atom is 0.418 e. The summed E-state index contributed by atoms with van der Waals surface area (Å²) in [4.78, 5) is 22.6. The molecule has 2 aromatic rings. The average Bonchev–Trinajstić information content (AvgIpc) is 2.77. The van der Waals surface area contributed by atoms with Crippen molar-refractivity contribution >= 4 is 29.0 Å². The molecule has 0 saturated carbocycles. The molecule has 1 heterocycles. The summed E-state index contributed by atoms with van der Waals surface area (Å²) in [6.45, 7) is 5.43. The highest BCUT2D eigenvalue weighted by Crippen LogP contribution is 2.20. The average molecular weight is 287 g/mol. The first-order valence-electron chi connectivity index (χ1n) is 6.52. The lowest BCUT2D eigenvalue weighted by Crippen LogP contribution is -2.26. The Morgan fingerprint density at radius 1 is 1.24 bits per heavy atom. The summed E-state index contributed by atoms with van der Waals surface area (Å²) in [5.74, 6) is -0.999. The molecule has 1 aromatic carbocycles. The standard InChI is InChI=1S/C16H17NO4/c1-16(2,3)21-15(20)17-9-8-12-10-11(4-6-13(12)17)5-7-14(18)19/h4-10H,1-3H3,(H,18,19). The highest BCUT2D eigenvalue weighted by Gasteiger charge is 2.18. The van der Waals surface area contributed by atoms with Crippen molar-refractivity contribution < 1.29 is 19.4 Å². The number of nitrogens with zero attached hydrogens (tertiary/aromatic N) is 1. The van der Waals surface area contributed by atoms with Crippen LogP contribution in [0.2, 0.25) is 0 Å². The minimum Gasteiger partial charge on any atom is -0.478 e. The number of aromatic nitrogens is 1. The summed E-state index contributed by atoms with van der Waals surface area (Å²) in [5.41, 5.74) is 0.918. The predicted molar refractivity (Wildman–Crippen MR) is 80.2 cm³/mol. The van der Waals surface area contributed by atoms with E-state index in [9.17, 15) is 9.59 Å². The van der Waals surface area contributed by atoms with Gasteiger partial charge in [0, 0.05) is 17.7 Å². The zero-order valence-corrected chi connectivity index (χ0v) is 12.2. The Balaban J connectivity index is 2.33. The third kappa shape index (κ3) is 3.72. The van der Waals surface area contributed by atoms with Crippen LogP contribution in [0, 0.1) is 0 Å². The summed E-state index contributed by atoms with van der Waals surface area (Å²) in [7, 11) is 0. The molecule has 0 aliphatic rings. The molecular formula is C16H17NO4. The van der Waals surface area contributed by atoms with Gasteiger partial charge in [-0.05, 0) is 50.6 Å². The van der Waals surface area contributed by atoms with Crippen molar-refractivity contribution in [1.82, 2.24) is 4.57 Å². The number of aliphatic carboxylic acids is 1. The third-order valence-electron chi connectivity index (χ3n) is 2.72. The van der Waals surface area contributed by atoms with Gasteiger partial charge in [-0.3, -0.25) is 4.57 Å². The Hall–Kier alpha value is -2.56. The van der Waals surface area contributed by atoms with E-state index in [0.717, 1.165) is 22.5 Å². The van der Waals surface area contributed by atoms with Crippen LogP contribution in [0.5, 0.6) is 0 Å². The molecule has 0 saturated heterocycles. The van der Waals surface area contributed by atoms with Crippen LogP contribution in [-0.2, 0) is 9.53 Å². The van der Waals surface area contributed by atoms with Gasteiger partial charge in [0.15, 0.2) is 0 Å². The van der Waals surface area contributed by atoms with E-state index in [1.807, 2.05) is 26.8 Å². The van der Waals surface area contributed by atoms with Crippen molar-refractivity contribution in [3.63, 3.8) is 0 Å². The molecule has 2 rings (SSSR count). The van der Waals surface area contributed by atoms with Crippen LogP contribution in [0.1, 0.15) is 26.3 Å². The number of carbonyl (C=O) groups excluding carboxylic acids is 1. The second kappa shape index (κ2) is 5.44. The van der Waals surface area contributed by atoms with Gasteiger partial charge in [-0.2, -0.15) is 0 Å². The Bertz CT molecular complexity index is 719. The van der Waals surface area contributed by atoms with Crippen molar-refractivity contribution in [2.75, 3.05) is 0 Å². The molecule has 1 aromatic heterocycles. The lowest BCUT2D eigenvalue weighted by molar-refractivity contribution is -0.131. The Morgan fingerprint density at radius 2 is 1.95 bits per heavy atom. The molecule has 0 spiro atoms. The maximum absolute atomic E-state index is 12.1. The summed E-state index contributed by atoms with van der Waals surface area (Å²) in [6, 6.07) is 7.12. The molecule has 5 nitrogen and oxygen atoms in total. The van der Waals surface area contributed by atoms with Gasteiger partial charge in [-0.15, -0.1) is 0 Å². The van der Waals surface area contributed by atoms with Gasteiger partial charge in [0.2, 0.25) is 0 Å². The lowest BCUT2D eigenvalue weighted by atomic mass is 10.1. The number of benzene rings is 1. The van der Waals surface area contributed by atoms with Crippen LogP contribution < -0.4 is 0 Å². The number of ether oxygens (including phenoxy) is 1. The molecule has 0 atom stereocenters. The van der Waals surface area contributed by atoms with E-state index < -0.39 is 17.7 Å². The minimum atomic E-state index is -0.999. The Morgan fingerprint density at radius 3 is 2.57 bits per heavy atom. The smallest absolute Gasteiger partial charge is 0.418 e. The largest absolute Gasteiger partial charge is 0.478 e. The van der Waals surface area contributed by atoms with Crippen molar-refractivity contribution in [1.29, 1.82) is 0 Å². The SMILES string of the molecule is CC(C)(C)OC(=O)n1ccc2cc(C=CC(=O)O)ccc21. The summed E-state index contributed by atoms with van der Waals surface area (Å²) in [5, 5.41) is 9.46. The van der Waals surface area contributed by atoms with E-state index in [-0.39, 0.29) is 0 Å². The molecule has 0 radical (unpaired) electrons. The zero-order chi connectivity index (χ0) is 15.6. The molecule has 110 valence electrons. The van der Waals surface area contributed by atoms with E-state index in [2.05, 4.69) is 0 Å². The number of fused-ring (bicyclic) bond motifs is 1. The lowest BCUT2D eigenvalue weighted by Gasteiger charge is -2.19. The first-order valence-corrected chi connectivity index (χ1v) is 6.52. The molecule has 0 aliphatic heterocycles. The fraction of sp³-hybridized carbons (Fsp3) is 0.250. The molecular weight excluding hydrogens is 270 g/mol. The highest BCUT2D eigenvalue weighted by molar-refractivity contribution is 5.92. The van der Waals surface area contributed by atoms with Gasteiger partial charge in [-0.25, -0.2) is 9.59 Å². The molecule has 0 bridgehead atoms. The third-order valence-corrected chi connectivity index (χ3v) is 2.72. The fourth-order valence-corrected chi connectivity index (χ4v) is 1.90. The molecule has 1 N–H and O–H groups in total. The Kier molecular flexibility index (Phi) is 3.84.